The molecule has 0 aliphatic heterocycles. The number of anilines is 1. The number of aryl methyl sites for hydroxylation is 1. The fourth-order valence-electron chi connectivity index (χ4n) is 3.66. The van der Waals surface area contributed by atoms with E-state index in [0.29, 0.717) is 5.82 Å². The molecule has 3 heterocycles. The average molecular weight is 365 g/mol. The molecule has 140 valence electrons. The lowest BCUT2D eigenvalue weighted by atomic mass is 9.87. The summed E-state index contributed by atoms with van der Waals surface area (Å²) < 4.78 is 7.33. The second-order valence-electron chi connectivity index (χ2n) is 7.07. The number of imidazole rings is 1. The SMILES string of the molecule is COC1CCC(C(=O)Nc2cc3cc(-c4cncn4C)cnc3cn2)CC1. The van der Waals surface area contributed by atoms with Gasteiger partial charge in [-0.1, -0.05) is 0 Å². The minimum atomic E-state index is 0.0211. The molecular formula is C20H23N5O2. The Labute approximate surface area is 157 Å². The highest BCUT2D eigenvalue weighted by Gasteiger charge is 2.26. The van der Waals surface area contributed by atoms with Crippen LogP contribution in [0.2, 0.25) is 0 Å². The molecule has 0 atom stereocenters. The van der Waals surface area contributed by atoms with Gasteiger partial charge in [-0.3, -0.25) is 9.78 Å². The number of carbonyl (C=O) groups excluding carboxylic acids is 1. The van der Waals surface area contributed by atoms with Crippen molar-refractivity contribution in [3.05, 3.63) is 37.1 Å². The van der Waals surface area contributed by atoms with E-state index in [1.807, 2.05) is 36.1 Å². The molecule has 1 fully saturated rings. The summed E-state index contributed by atoms with van der Waals surface area (Å²) in [6, 6.07) is 3.92. The second kappa shape index (κ2) is 7.44. The highest BCUT2D eigenvalue weighted by Crippen LogP contribution is 2.27. The summed E-state index contributed by atoms with van der Waals surface area (Å²) in [4.78, 5) is 25.6. The van der Waals surface area contributed by atoms with E-state index in [-0.39, 0.29) is 17.9 Å². The standard InChI is InChI=1S/C20H23N5O2/c1-25-12-21-11-18(25)15-7-14-8-19(23-10-17(14)22-9-15)24-20(26)13-3-5-16(27-2)6-4-13/h7-13,16H,3-6H2,1-2H3,(H,23,24,26). The first kappa shape index (κ1) is 17.6. The topological polar surface area (TPSA) is 81.9 Å². The Bertz CT molecular complexity index is 960. The Kier molecular flexibility index (Phi) is 4.85. The fourth-order valence-corrected chi connectivity index (χ4v) is 3.66. The van der Waals surface area contributed by atoms with Gasteiger partial charge in [0.15, 0.2) is 0 Å². The van der Waals surface area contributed by atoms with Crippen LogP contribution in [0, 0.1) is 5.92 Å². The van der Waals surface area contributed by atoms with Gasteiger partial charge in [-0.2, -0.15) is 0 Å². The number of rotatable bonds is 4. The minimum absolute atomic E-state index is 0.0211. The van der Waals surface area contributed by atoms with Gasteiger partial charge >= 0.3 is 0 Å². The number of carbonyl (C=O) groups is 1. The van der Waals surface area contributed by atoms with Gasteiger partial charge in [0, 0.05) is 37.2 Å². The Morgan fingerprint density at radius 1 is 1.15 bits per heavy atom. The van der Waals surface area contributed by atoms with Crippen LogP contribution >= 0.6 is 0 Å². The number of methoxy groups -OCH3 is 1. The van der Waals surface area contributed by atoms with E-state index in [4.69, 9.17) is 4.74 Å². The third-order valence-electron chi connectivity index (χ3n) is 5.31. The molecule has 0 unspecified atom stereocenters. The lowest BCUT2D eigenvalue weighted by Gasteiger charge is -2.26. The first-order chi connectivity index (χ1) is 13.1. The number of aromatic nitrogens is 4. The van der Waals surface area contributed by atoms with E-state index in [0.717, 1.165) is 47.8 Å². The number of nitrogens with one attached hydrogen (secondary N) is 1. The summed E-state index contributed by atoms with van der Waals surface area (Å²) >= 11 is 0. The predicted octanol–water partition coefficient (Wildman–Crippen LogP) is 3.17. The van der Waals surface area contributed by atoms with Crippen LogP contribution in [0.4, 0.5) is 5.82 Å². The van der Waals surface area contributed by atoms with Crippen molar-refractivity contribution >= 4 is 22.6 Å². The van der Waals surface area contributed by atoms with Crippen molar-refractivity contribution < 1.29 is 9.53 Å². The molecule has 3 aromatic rings. The largest absolute Gasteiger partial charge is 0.381 e. The smallest absolute Gasteiger partial charge is 0.228 e. The molecule has 1 N–H and O–H groups in total. The maximum atomic E-state index is 12.6. The molecule has 7 heteroatoms. The van der Waals surface area contributed by atoms with Crippen molar-refractivity contribution in [2.75, 3.05) is 12.4 Å². The van der Waals surface area contributed by atoms with Gasteiger partial charge in [-0.25, -0.2) is 9.97 Å². The third-order valence-corrected chi connectivity index (χ3v) is 5.31. The number of fused-ring (bicyclic) bond motifs is 1. The van der Waals surface area contributed by atoms with Crippen LogP contribution in [0.5, 0.6) is 0 Å². The zero-order valence-corrected chi connectivity index (χ0v) is 15.6. The van der Waals surface area contributed by atoms with Crippen LogP contribution in [0.15, 0.2) is 37.1 Å². The van der Waals surface area contributed by atoms with Crippen LogP contribution in [-0.4, -0.2) is 38.6 Å². The lowest BCUT2D eigenvalue weighted by Crippen LogP contribution is -2.29. The highest BCUT2D eigenvalue weighted by molar-refractivity contribution is 5.94. The van der Waals surface area contributed by atoms with Crippen LogP contribution in [-0.2, 0) is 16.6 Å². The van der Waals surface area contributed by atoms with Crippen molar-refractivity contribution in [2.45, 2.75) is 31.8 Å². The summed E-state index contributed by atoms with van der Waals surface area (Å²) in [6.45, 7) is 0. The molecule has 27 heavy (non-hydrogen) atoms. The van der Waals surface area contributed by atoms with Gasteiger partial charge in [0.05, 0.1) is 36.0 Å². The Hall–Kier alpha value is -2.80. The molecule has 3 aromatic heterocycles. The zero-order chi connectivity index (χ0) is 18.8. The Balaban J connectivity index is 1.52. The van der Waals surface area contributed by atoms with Gasteiger partial charge in [0.1, 0.15) is 5.82 Å². The maximum Gasteiger partial charge on any atom is 0.228 e. The second-order valence-corrected chi connectivity index (χ2v) is 7.07. The summed E-state index contributed by atoms with van der Waals surface area (Å²) in [5, 5.41) is 3.90. The van der Waals surface area contributed by atoms with Crippen molar-refractivity contribution in [1.82, 2.24) is 19.5 Å². The molecule has 7 nitrogen and oxygen atoms in total. The van der Waals surface area contributed by atoms with Crippen LogP contribution in [0.25, 0.3) is 22.2 Å². The van der Waals surface area contributed by atoms with E-state index in [1.54, 1.807) is 19.6 Å². The van der Waals surface area contributed by atoms with Crippen molar-refractivity contribution in [2.24, 2.45) is 13.0 Å². The molecule has 0 radical (unpaired) electrons. The summed E-state index contributed by atoms with van der Waals surface area (Å²) in [5.41, 5.74) is 2.75. The molecule has 4 rings (SSSR count). The molecule has 1 aliphatic rings. The van der Waals surface area contributed by atoms with Crippen molar-refractivity contribution in [3.8, 4) is 11.3 Å². The Morgan fingerprint density at radius 3 is 2.67 bits per heavy atom. The monoisotopic (exact) mass is 365 g/mol. The number of ether oxygens (including phenoxy) is 1. The van der Waals surface area contributed by atoms with E-state index in [2.05, 4.69) is 20.3 Å². The van der Waals surface area contributed by atoms with E-state index < -0.39 is 0 Å². The Morgan fingerprint density at radius 2 is 1.96 bits per heavy atom. The van der Waals surface area contributed by atoms with E-state index in [1.165, 1.54) is 0 Å². The lowest BCUT2D eigenvalue weighted by molar-refractivity contribution is -0.121. The highest BCUT2D eigenvalue weighted by atomic mass is 16.5. The molecule has 1 aliphatic carbocycles. The van der Waals surface area contributed by atoms with Gasteiger partial charge in [0.25, 0.3) is 0 Å². The average Bonchev–Trinajstić information content (AvgIpc) is 3.13. The molecule has 1 amide bonds. The molecule has 0 spiro atoms. The van der Waals surface area contributed by atoms with Crippen molar-refractivity contribution in [1.29, 1.82) is 0 Å². The molecule has 0 aromatic carbocycles. The summed E-state index contributed by atoms with van der Waals surface area (Å²) in [5.74, 6) is 0.616. The van der Waals surface area contributed by atoms with Gasteiger partial charge in [-0.15, -0.1) is 0 Å². The minimum Gasteiger partial charge on any atom is -0.381 e. The number of pyridine rings is 2. The van der Waals surface area contributed by atoms with Crippen molar-refractivity contribution in [3.63, 3.8) is 0 Å². The first-order valence-electron chi connectivity index (χ1n) is 9.20. The quantitative estimate of drug-likeness (QED) is 0.768. The van der Waals surface area contributed by atoms with Crippen LogP contribution in [0.1, 0.15) is 25.7 Å². The van der Waals surface area contributed by atoms with Crippen LogP contribution < -0.4 is 5.32 Å². The summed E-state index contributed by atoms with van der Waals surface area (Å²) in [7, 11) is 3.68. The number of hydrogen-bond donors (Lipinski definition) is 1. The normalized spacial score (nSPS) is 19.9. The van der Waals surface area contributed by atoms with Gasteiger partial charge in [-0.05, 0) is 37.8 Å². The summed E-state index contributed by atoms with van der Waals surface area (Å²) in [6.07, 6.45) is 10.9. The molecular weight excluding hydrogens is 342 g/mol. The number of nitrogens with zero attached hydrogens (tertiary/aromatic N) is 4. The van der Waals surface area contributed by atoms with Gasteiger partial charge < -0.3 is 14.6 Å². The van der Waals surface area contributed by atoms with Crippen LogP contribution in [0.3, 0.4) is 0 Å². The third kappa shape index (κ3) is 3.68. The fraction of sp³-hybridized carbons (Fsp3) is 0.400. The predicted molar refractivity (Wildman–Crippen MR) is 103 cm³/mol. The van der Waals surface area contributed by atoms with E-state index in [9.17, 15) is 4.79 Å². The maximum absolute atomic E-state index is 12.6. The molecule has 0 bridgehead atoms. The molecule has 0 saturated heterocycles. The van der Waals surface area contributed by atoms with Gasteiger partial charge in [0.2, 0.25) is 5.91 Å². The first-order valence-corrected chi connectivity index (χ1v) is 9.20. The zero-order valence-electron chi connectivity index (χ0n) is 15.6. The molecule has 1 saturated carbocycles. The van der Waals surface area contributed by atoms with E-state index >= 15 is 0 Å². The number of amides is 1. The number of hydrogen-bond acceptors (Lipinski definition) is 5.